The van der Waals surface area contributed by atoms with Gasteiger partial charge in [-0.2, -0.15) is 29.6 Å². The van der Waals surface area contributed by atoms with E-state index in [4.69, 9.17) is 0 Å². The lowest BCUT2D eigenvalue weighted by Gasteiger charge is -2.15. The number of hydrogen-bond donors (Lipinski definition) is 2. The summed E-state index contributed by atoms with van der Waals surface area (Å²) in [6.45, 7) is 5.16. The van der Waals surface area contributed by atoms with E-state index in [2.05, 4.69) is 39.1 Å². The second-order valence-electron chi connectivity index (χ2n) is 5.71. The van der Waals surface area contributed by atoms with Crippen molar-refractivity contribution in [2.24, 2.45) is 12.0 Å². The van der Waals surface area contributed by atoms with Crippen LogP contribution in [0.15, 0.2) is 28.0 Å². The molecule has 0 saturated heterocycles. The van der Waals surface area contributed by atoms with Gasteiger partial charge in [-0.3, -0.25) is 4.68 Å². The Balaban J connectivity index is 2.05. The van der Waals surface area contributed by atoms with Crippen LogP contribution in [0.1, 0.15) is 36.6 Å². The van der Waals surface area contributed by atoms with E-state index in [-0.39, 0.29) is 18.0 Å². The molecule has 1 atom stereocenters. The first kappa shape index (κ1) is 19.3. The molecule has 9 heteroatoms. The van der Waals surface area contributed by atoms with E-state index in [0.29, 0.717) is 19.0 Å². The summed E-state index contributed by atoms with van der Waals surface area (Å²) in [5.41, 5.74) is 0.388. The number of aromatic nitrogens is 2. The number of aliphatic imine (C=N–C) groups is 1. The van der Waals surface area contributed by atoms with Crippen LogP contribution in [0.5, 0.6) is 0 Å². The minimum atomic E-state index is -4.48. The molecule has 0 radical (unpaired) electrons. The highest BCUT2D eigenvalue weighted by atomic mass is 32.1. The standard InChI is InChI=1S/C16H22F3N5S/c1-4-20-15(21-7-11(2)12-5-6-25-10-12)22-8-13-9-24(3)23-14(13)16(17,18)19/h5-6,9-11H,4,7-8H2,1-3H3,(H2,20,21,22). The van der Waals surface area contributed by atoms with Crippen molar-refractivity contribution in [3.05, 3.63) is 39.8 Å². The maximum absolute atomic E-state index is 13.0. The predicted molar refractivity (Wildman–Crippen MR) is 93.8 cm³/mol. The van der Waals surface area contributed by atoms with Crippen LogP contribution in [0, 0.1) is 0 Å². The molecular weight excluding hydrogens is 351 g/mol. The molecule has 0 aliphatic carbocycles. The fourth-order valence-electron chi connectivity index (χ4n) is 2.32. The van der Waals surface area contributed by atoms with Crippen LogP contribution in [0.3, 0.4) is 0 Å². The van der Waals surface area contributed by atoms with Crippen molar-refractivity contribution in [2.45, 2.75) is 32.5 Å². The molecule has 0 spiro atoms. The van der Waals surface area contributed by atoms with E-state index in [1.807, 2.05) is 12.3 Å². The molecule has 0 bridgehead atoms. The molecule has 138 valence electrons. The highest BCUT2D eigenvalue weighted by molar-refractivity contribution is 7.07. The van der Waals surface area contributed by atoms with Gasteiger partial charge in [0, 0.05) is 31.9 Å². The van der Waals surface area contributed by atoms with Gasteiger partial charge in [0.1, 0.15) is 0 Å². The van der Waals surface area contributed by atoms with Crippen LogP contribution < -0.4 is 10.6 Å². The van der Waals surface area contributed by atoms with Crippen LogP contribution in [-0.4, -0.2) is 28.8 Å². The van der Waals surface area contributed by atoms with Gasteiger partial charge in [0.2, 0.25) is 0 Å². The largest absolute Gasteiger partial charge is 0.435 e. The SMILES string of the molecule is CCNC(=NCc1cn(C)nc1C(F)(F)F)NCC(C)c1ccsc1. The summed E-state index contributed by atoms with van der Waals surface area (Å²) in [7, 11) is 1.47. The molecule has 0 aromatic carbocycles. The van der Waals surface area contributed by atoms with Gasteiger partial charge in [-0.05, 0) is 35.2 Å². The Bertz CT molecular complexity index is 691. The average molecular weight is 373 g/mol. The van der Waals surface area contributed by atoms with Crippen LogP contribution >= 0.6 is 11.3 Å². The molecule has 5 nitrogen and oxygen atoms in total. The molecular formula is C16H22F3N5S. The molecule has 1 unspecified atom stereocenters. The van der Waals surface area contributed by atoms with E-state index in [9.17, 15) is 13.2 Å². The lowest BCUT2D eigenvalue weighted by atomic mass is 10.1. The zero-order valence-corrected chi connectivity index (χ0v) is 15.2. The number of alkyl halides is 3. The second-order valence-corrected chi connectivity index (χ2v) is 6.49. The van der Waals surface area contributed by atoms with E-state index in [1.54, 1.807) is 11.3 Å². The number of nitrogens with zero attached hydrogens (tertiary/aromatic N) is 3. The van der Waals surface area contributed by atoms with E-state index >= 15 is 0 Å². The lowest BCUT2D eigenvalue weighted by Crippen LogP contribution is -2.39. The Morgan fingerprint density at radius 1 is 1.40 bits per heavy atom. The smallest absolute Gasteiger partial charge is 0.357 e. The highest BCUT2D eigenvalue weighted by Crippen LogP contribution is 2.30. The number of rotatable bonds is 6. The normalized spacial score (nSPS) is 13.8. The molecule has 0 saturated carbocycles. The van der Waals surface area contributed by atoms with Crippen LogP contribution in [0.25, 0.3) is 0 Å². The van der Waals surface area contributed by atoms with Crippen LogP contribution in [0.4, 0.5) is 13.2 Å². The highest BCUT2D eigenvalue weighted by Gasteiger charge is 2.36. The summed E-state index contributed by atoms with van der Waals surface area (Å²) in [6.07, 6.45) is -3.13. The van der Waals surface area contributed by atoms with Crippen molar-refractivity contribution in [3.63, 3.8) is 0 Å². The van der Waals surface area contributed by atoms with Gasteiger partial charge in [0.15, 0.2) is 11.7 Å². The Kier molecular flexibility index (Phi) is 6.46. The van der Waals surface area contributed by atoms with Gasteiger partial charge < -0.3 is 10.6 Å². The summed E-state index contributed by atoms with van der Waals surface area (Å²) in [5.74, 6) is 0.765. The van der Waals surface area contributed by atoms with Gasteiger partial charge in [-0.15, -0.1) is 0 Å². The summed E-state index contributed by atoms with van der Waals surface area (Å²) < 4.78 is 40.1. The third-order valence-corrected chi connectivity index (χ3v) is 4.31. The number of thiophene rings is 1. The first-order valence-electron chi connectivity index (χ1n) is 7.95. The predicted octanol–water partition coefficient (Wildman–Crippen LogP) is 3.36. The topological polar surface area (TPSA) is 54.2 Å². The lowest BCUT2D eigenvalue weighted by molar-refractivity contribution is -0.142. The van der Waals surface area contributed by atoms with Crippen molar-refractivity contribution in [1.82, 2.24) is 20.4 Å². The molecule has 2 aromatic heterocycles. The summed E-state index contributed by atoms with van der Waals surface area (Å²) in [4.78, 5) is 4.27. The van der Waals surface area contributed by atoms with E-state index < -0.39 is 11.9 Å². The Labute approximate surface area is 149 Å². The quantitative estimate of drug-likeness (QED) is 0.603. The first-order valence-corrected chi connectivity index (χ1v) is 8.89. The van der Waals surface area contributed by atoms with Crippen LogP contribution in [0.2, 0.25) is 0 Å². The fraction of sp³-hybridized carbons (Fsp3) is 0.500. The van der Waals surface area contributed by atoms with Crippen molar-refractivity contribution >= 4 is 17.3 Å². The molecule has 0 aliphatic heterocycles. The number of hydrogen-bond acceptors (Lipinski definition) is 3. The van der Waals surface area contributed by atoms with Gasteiger partial charge >= 0.3 is 6.18 Å². The number of nitrogens with one attached hydrogen (secondary N) is 2. The number of halogens is 3. The minimum Gasteiger partial charge on any atom is -0.357 e. The van der Waals surface area contributed by atoms with E-state index in [1.165, 1.54) is 18.8 Å². The van der Waals surface area contributed by atoms with Gasteiger partial charge in [-0.25, -0.2) is 4.99 Å². The number of guanidine groups is 1. The Morgan fingerprint density at radius 3 is 2.76 bits per heavy atom. The molecule has 25 heavy (non-hydrogen) atoms. The van der Waals surface area contributed by atoms with Gasteiger partial charge in [0.05, 0.1) is 6.54 Å². The maximum atomic E-state index is 13.0. The number of aryl methyl sites for hydroxylation is 1. The second kappa shape index (κ2) is 8.37. The molecule has 2 N–H and O–H groups in total. The van der Waals surface area contributed by atoms with E-state index in [0.717, 1.165) is 4.68 Å². The summed E-state index contributed by atoms with van der Waals surface area (Å²) >= 11 is 1.64. The summed E-state index contributed by atoms with van der Waals surface area (Å²) in [6, 6.07) is 2.06. The van der Waals surface area contributed by atoms with Crippen LogP contribution in [-0.2, 0) is 19.8 Å². The Morgan fingerprint density at radius 2 is 2.16 bits per heavy atom. The van der Waals surface area contributed by atoms with Crippen molar-refractivity contribution in [2.75, 3.05) is 13.1 Å². The molecule has 0 aliphatic rings. The Hall–Kier alpha value is -2.03. The first-order chi connectivity index (χ1) is 11.8. The third kappa shape index (κ3) is 5.48. The molecule has 2 heterocycles. The summed E-state index contributed by atoms with van der Waals surface area (Å²) in [5, 5.41) is 13.8. The molecule has 2 rings (SSSR count). The fourth-order valence-corrected chi connectivity index (χ4v) is 3.10. The average Bonchev–Trinajstić information content (AvgIpc) is 3.18. The minimum absolute atomic E-state index is 0.0538. The van der Waals surface area contributed by atoms with Gasteiger partial charge in [0.25, 0.3) is 0 Å². The van der Waals surface area contributed by atoms with Crippen molar-refractivity contribution in [1.29, 1.82) is 0 Å². The molecule has 0 amide bonds. The molecule has 0 fully saturated rings. The molecule has 2 aromatic rings. The zero-order chi connectivity index (χ0) is 18.4. The van der Waals surface area contributed by atoms with Crippen molar-refractivity contribution < 1.29 is 13.2 Å². The zero-order valence-electron chi connectivity index (χ0n) is 14.4. The monoisotopic (exact) mass is 373 g/mol. The third-order valence-electron chi connectivity index (χ3n) is 3.61. The maximum Gasteiger partial charge on any atom is 0.435 e. The van der Waals surface area contributed by atoms with Crippen molar-refractivity contribution in [3.8, 4) is 0 Å². The van der Waals surface area contributed by atoms with Gasteiger partial charge in [-0.1, -0.05) is 6.92 Å².